The maximum absolute atomic E-state index is 13.6. The lowest BCUT2D eigenvalue weighted by molar-refractivity contribution is -0.136. The van der Waals surface area contributed by atoms with Gasteiger partial charge in [-0.2, -0.15) is 0 Å². The highest BCUT2D eigenvalue weighted by molar-refractivity contribution is 6.39. The highest BCUT2D eigenvalue weighted by Crippen LogP contribution is 2.24. The van der Waals surface area contributed by atoms with Crippen LogP contribution in [-0.4, -0.2) is 31.4 Å². The average Bonchev–Trinajstić information content (AvgIpc) is 2.70. The van der Waals surface area contributed by atoms with Gasteiger partial charge >= 0.3 is 11.8 Å². The highest BCUT2D eigenvalue weighted by Gasteiger charge is 2.17. The first kappa shape index (κ1) is 19.9. The summed E-state index contributed by atoms with van der Waals surface area (Å²) in [5, 5.41) is 5.12. The third kappa shape index (κ3) is 5.31. The Kier molecular flexibility index (Phi) is 6.63. The molecule has 2 aromatic carbocycles. The van der Waals surface area contributed by atoms with Crippen molar-refractivity contribution < 1.29 is 14.0 Å². The third-order valence-electron chi connectivity index (χ3n) is 5.12. The molecule has 148 valence electrons. The van der Waals surface area contributed by atoms with Gasteiger partial charge in [-0.1, -0.05) is 25.1 Å². The van der Waals surface area contributed by atoms with E-state index in [1.807, 2.05) is 12.1 Å². The third-order valence-corrected chi connectivity index (χ3v) is 5.12. The Balaban J connectivity index is 1.46. The molecule has 5 nitrogen and oxygen atoms in total. The number of carbonyl (C=O) groups excluding carboxylic acids is 2. The molecule has 0 unspecified atom stereocenters. The van der Waals surface area contributed by atoms with Crippen LogP contribution in [0.15, 0.2) is 48.5 Å². The molecule has 0 aromatic heterocycles. The van der Waals surface area contributed by atoms with Gasteiger partial charge < -0.3 is 15.5 Å². The SMILES string of the molecule is CC1CCN(c2ccc(NC(=O)C(=O)NCCc3ccccc3F)cc2)CC1. The number of nitrogens with one attached hydrogen (secondary N) is 2. The van der Waals surface area contributed by atoms with Gasteiger partial charge in [-0.05, 0) is 61.1 Å². The zero-order chi connectivity index (χ0) is 19.9. The summed E-state index contributed by atoms with van der Waals surface area (Å²) in [4.78, 5) is 26.3. The number of rotatable bonds is 5. The fourth-order valence-corrected chi connectivity index (χ4v) is 3.30. The molecule has 0 saturated carbocycles. The fourth-order valence-electron chi connectivity index (χ4n) is 3.30. The van der Waals surface area contributed by atoms with Crippen LogP contribution in [0, 0.1) is 11.7 Å². The molecule has 28 heavy (non-hydrogen) atoms. The molecule has 2 amide bonds. The average molecular weight is 383 g/mol. The summed E-state index contributed by atoms with van der Waals surface area (Å²) in [7, 11) is 0. The molecule has 3 rings (SSSR count). The predicted octanol–water partition coefficient (Wildman–Crippen LogP) is 3.36. The van der Waals surface area contributed by atoms with E-state index in [2.05, 4.69) is 22.5 Å². The van der Waals surface area contributed by atoms with E-state index in [1.165, 1.54) is 18.9 Å². The van der Waals surface area contributed by atoms with Crippen LogP contribution in [-0.2, 0) is 16.0 Å². The molecule has 6 heteroatoms. The molecule has 0 spiro atoms. The van der Waals surface area contributed by atoms with Gasteiger partial charge in [0, 0.05) is 31.0 Å². The van der Waals surface area contributed by atoms with E-state index in [4.69, 9.17) is 0 Å². The van der Waals surface area contributed by atoms with Crippen LogP contribution < -0.4 is 15.5 Å². The highest BCUT2D eigenvalue weighted by atomic mass is 19.1. The molecule has 0 radical (unpaired) electrons. The molecule has 1 saturated heterocycles. The molecule has 0 atom stereocenters. The Morgan fingerprint density at radius 3 is 2.39 bits per heavy atom. The maximum atomic E-state index is 13.6. The molecule has 0 bridgehead atoms. The predicted molar refractivity (Wildman–Crippen MR) is 109 cm³/mol. The van der Waals surface area contributed by atoms with Gasteiger partial charge in [0.25, 0.3) is 0 Å². The lowest BCUT2D eigenvalue weighted by atomic mass is 9.99. The largest absolute Gasteiger partial charge is 0.372 e. The second kappa shape index (κ2) is 9.35. The van der Waals surface area contributed by atoms with Gasteiger partial charge in [0.15, 0.2) is 0 Å². The van der Waals surface area contributed by atoms with Crippen LogP contribution in [0.5, 0.6) is 0 Å². The molecule has 2 N–H and O–H groups in total. The second-order valence-corrected chi connectivity index (χ2v) is 7.27. The van der Waals surface area contributed by atoms with Crippen molar-refractivity contribution in [1.82, 2.24) is 5.32 Å². The minimum absolute atomic E-state index is 0.194. The Morgan fingerprint density at radius 2 is 1.71 bits per heavy atom. The number of hydrogen-bond acceptors (Lipinski definition) is 3. The standard InChI is InChI=1S/C22H26FN3O2/c1-16-11-14-26(15-12-16)19-8-6-18(7-9-19)25-22(28)21(27)24-13-10-17-4-2-3-5-20(17)23/h2-9,16H,10-15H2,1H3,(H,24,27)(H,25,28). The summed E-state index contributed by atoms with van der Waals surface area (Å²) in [6, 6.07) is 13.9. The second-order valence-electron chi connectivity index (χ2n) is 7.27. The fraction of sp³-hybridized carbons (Fsp3) is 0.364. The maximum Gasteiger partial charge on any atom is 0.313 e. The number of benzene rings is 2. The molecular formula is C22H26FN3O2. The van der Waals surface area contributed by atoms with Gasteiger partial charge in [-0.15, -0.1) is 0 Å². The first-order chi connectivity index (χ1) is 13.5. The van der Waals surface area contributed by atoms with Crippen molar-refractivity contribution in [2.75, 3.05) is 29.9 Å². The molecule has 1 fully saturated rings. The van der Waals surface area contributed by atoms with Crippen LogP contribution in [0.3, 0.4) is 0 Å². The van der Waals surface area contributed by atoms with Crippen molar-refractivity contribution in [3.05, 3.63) is 59.9 Å². The topological polar surface area (TPSA) is 61.4 Å². The molecular weight excluding hydrogens is 357 g/mol. The minimum Gasteiger partial charge on any atom is -0.372 e. The first-order valence-electron chi connectivity index (χ1n) is 9.70. The molecule has 1 heterocycles. The molecule has 1 aliphatic heterocycles. The number of nitrogens with zero attached hydrogens (tertiary/aromatic N) is 1. The van der Waals surface area contributed by atoms with Gasteiger partial charge in [-0.25, -0.2) is 4.39 Å². The Hall–Kier alpha value is -2.89. The molecule has 2 aromatic rings. The quantitative estimate of drug-likeness (QED) is 0.779. The van der Waals surface area contributed by atoms with Crippen molar-refractivity contribution in [3.63, 3.8) is 0 Å². The summed E-state index contributed by atoms with van der Waals surface area (Å²) >= 11 is 0. The van der Waals surface area contributed by atoms with E-state index in [0.717, 1.165) is 24.7 Å². The normalized spacial score (nSPS) is 14.6. The number of anilines is 2. The first-order valence-corrected chi connectivity index (χ1v) is 9.70. The van der Waals surface area contributed by atoms with Crippen molar-refractivity contribution in [2.45, 2.75) is 26.2 Å². The van der Waals surface area contributed by atoms with E-state index < -0.39 is 11.8 Å². The zero-order valence-electron chi connectivity index (χ0n) is 16.1. The lowest BCUT2D eigenvalue weighted by Gasteiger charge is -2.32. The van der Waals surface area contributed by atoms with Crippen molar-refractivity contribution >= 4 is 23.2 Å². The Bertz CT molecular complexity index is 815. The summed E-state index contributed by atoms with van der Waals surface area (Å²) in [6.45, 7) is 4.55. The van der Waals surface area contributed by atoms with Crippen LogP contribution in [0.2, 0.25) is 0 Å². The zero-order valence-corrected chi connectivity index (χ0v) is 16.1. The lowest BCUT2D eigenvalue weighted by Crippen LogP contribution is -2.36. The number of hydrogen-bond donors (Lipinski definition) is 2. The van der Waals surface area contributed by atoms with Gasteiger partial charge in [0.2, 0.25) is 0 Å². The number of halogens is 1. The Labute approximate surface area is 164 Å². The number of carbonyl (C=O) groups is 2. The minimum atomic E-state index is -0.731. The summed E-state index contributed by atoms with van der Waals surface area (Å²) in [6.07, 6.45) is 2.70. The monoisotopic (exact) mass is 383 g/mol. The van der Waals surface area contributed by atoms with Crippen LogP contribution in [0.4, 0.5) is 15.8 Å². The van der Waals surface area contributed by atoms with Crippen LogP contribution in [0.25, 0.3) is 0 Å². The smallest absolute Gasteiger partial charge is 0.313 e. The van der Waals surface area contributed by atoms with Crippen molar-refractivity contribution in [2.24, 2.45) is 5.92 Å². The van der Waals surface area contributed by atoms with Crippen LogP contribution in [0.1, 0.15) is 25.3 Å². The van der Waals surface area contributed by atoms with Crippen molar-refractivity contribution in [3.8, 4) is 0 Å². The van der Waals surface area contributed by atoms with Crippen LogP contribution >= 0.6 is 0 Å². The van der Waals surface area contributed by atoms with E-state index >= 15 is 0 Å². The summed E-state index contributed by atoms with van der Waals surface area (Å²) in [5.74, 6) is -1.00. The summed E-state index contributed by atoms with van der Waals surface area (Å²) in [5.41, 5.74) is 2.20. The molecule has 0 aliphatic carbocycles. The van der Waals surface area contributed by atoms with Gasteiger partial charge in [0.05, 0.1) is 0 Å². The van der Waals surface area contributed by atoms with E-state index in [1.54, 1.807) is 30.3 Å². The molecule has 1 aliphatic rings. The number of amides is 2. The Morgan fingerprint density at radius 1 is 1.04 bits per heavy atom. The summed E-state index contributed by atoms with van der Waals surface area (Å²) < 4.78 is 13.6. The number of piperidine rings is 1. The van der Waals surface area contributed by atoms with Crippen molar-refractivity contribution in [1.29, 1.82) is 0 Å². The van der Waals surface area contributed by atoms with E-state index in [-0.39, 0.29) is 12.4 Å². The van der Waals surface area contributed by atoms with Gasteiger partial charge in [-0.3, -0.25) is 9.59 Å². The van der Waals surface area contributed by atoms with E-state index in [9.17, 15) is 14.0 Å². The van der Waals surface area contributed by atoms with Gasteiger partial charge in [0.1, 0.15) is 5.82 Å². The van der Waals surface area contributed by atoms with E-state index in [0.29, 0.717) is 17.7 Å².